The van der Waals surface area contributed by atoms with E-state index < -0.39 is 0 Å². The van der Waals surface area contributed by atoms with Crippen molar-refractivity contribution in [1.29, 1.82) is 0 Å². The molecule has 0 saturated carbocycles. The summed E-state index contributed by atoms with van der Waals surface area (Å²) in [5.74, 6) is 0.691. The molecule has 0 radical (unpaired) electrons. The van der Waals surface area contributed by atoms with Crippen molar-refractivity contribution in [2.45, 2.75) is 33.1 Å². The van der Waals surface area contributed by atoms with Crippen LogP contribution in [0.4, 0.5) is 5.95 Å². The van der Waals surface area contributed by atoms with Crippen LogP contribution in [0.25, 0.3) is 11.4 Å². The minimum atomic E-state index is -0.145. The molecule has 0 fully saturated rings. The van der Waals surface area contributed by atoms with Crippen LogP contribution in [0.5, 0.6) is 0 Å². The van der Waals surface area contributed by atoms with Crippen molar-refractivity contribution in [3.8, 4) is 11.4 Å². The first-order valence-corrected chi connectivity index (χ1v) is 7.80. The molecule has 1 heterocycles. The molecule has 2 rings (SSSR count). The highest BCUT2D eigenvalue weighted by Gasteiger charge is 2.16. The minimum absolute atomic E-state index is 0.104. The highest BCUT2D eigenvalue weighted by molar-refractivity contribution is 5.91. The Bertz CT molecular complexity index is 654. The number of nitrogens with one attached hydrogen (secondary N) is 3. The number of carbonyl (C=O) groups is 1. The number of benzene rings is 1. The first kappa shape index (κ1) is 17.1. The van der Waals surface area contributed by atoms with Crippen molar-refractivity contribution >= 4 is 11.9 Å². The van der Waals surface area contributed by atoms with Gasteiger partial charge in [0.15, 0.2) is 5.82 Å². The summed E-state index contributed by atoms with van der Waals surface area (Å²) in [5.41, 5.74) is 2.31. The average molecular weight is 315 g/mol. The molecule has 3 N–H and O–H groups in total. The second-order valence-corrected chi connectivity index (χ2v) is 6.78. The predicted octanol–water partition coefficient (Wildman–Crippen LogP) is 2.56. The van der Waals surface area contributed by atoms with E-state index in [9.17, 15) is 4.79 Å². The molecule has 0 aliphatic heterocycles. The fourth-order valence-electron chi connectivity index (χ4n) is 2.21. The van der Waals surface area contributed by atoms with Gasteiger partial charge in [0.25, 0.3) is 0 Å². The molecule has 0 saturated heterocycles. The Morgan fingerprint density at radius 2 is 1.91 bits per heavy atom. The summed E-state index contributed by atoms with van der Waals surface area (Å²) in [6.07, 6.45) is 0. The molecule has 1 unspecified atom stereocenters. The highest BCUT2D eigenvalue weighted by Crippen LogP contribution is 2.25. The van der Waals surface area contributed by atoms with Gasteiger partial charge in [0, 0.05) is 18.0 Å². The van der Waals surface area contributed by atoms with Gasteiger partial charge in [-0.3, -0.25) is 15.2 Å². The van der Waals surface area contributed by atoms with E-state index in [4.69, 9.17) is 0 Å². The molecule has 0 bridgehead atoms. The molecular weight excluding hydrogens is 290 g/mol. The van der Waals surface area contributed by atoms with E-state index in [2.05, 4.69) is 58.7 Å². The van der Waals surface area contributed by atoms with Gasteiger partial charge in [-0.05, 0) is 18.0 Å². The van der Waals surface area contributed by atoms with E-state index in [1.807, 2.05) is 26.1 Å². The minimum Gasteiger partial charge on any atom is -0.319 e. The van der Waals surface area contributed by atoms with E-state index in [-0.39, 0.29) is 17.2 Å². The largest absolute Gasteiger partial charge is 0.319 e. The van der Waals surface area contributed by atoms with Crippen LogP contribution in [0, 0.1) is 5.92 Å². The lowest BCUT2D eigenvalue weighted by molar-refractivity contribution is -0.119. The zero-order valence-corrected chi connectivity index (χ0v) is 14.4. The fraction of sp³-hybridized carbons (Fsp3) is 0.471. The molecule has 2 aromatic rings. The number of H-pyrrole nitrogens is 1. The van der Waals surface area contributed by atoms with Crippen molar-refractivity contribution in [3.63, 3.8) is 0 Å². The summed E-state index contributed by atoms with van der Waals surface area (Å²) in [7, 11) is 1.82. The van der Waals surface area contributed by atoms with Crippen LogP contribution in [0.1, 0.15) is 33.3 Å². The number of aromatic amines is 1. The third kappa shape index (κ3) is 4.39. The van der Waals surface area contributed by atoms with Crippen LogP contribution in [0.15, 0.2) is 24.3 Å². The van der Waals surface area contributed by atoms with E-state index in [1.54, 1.807) is 0 Å². The molecule has 23 heavy (non-hydrogen) atoms. The molecule has 6 nitrogen and oxygen atoms in total. The van der Waals surface area contributed by atoms with Crippen LogP contribution < -0.4 is 10.6 Å². The topological polar surface area (TPSA) is 82.7 Å². The Hall–Kier alpha value is -2.21. The molecule has 0 aliphatic carbocycles. The van der Waals surface area contributed by atoms with Gasteiger partial charge in [-0.2, -0.15) is 4.98 Å². The normalized spacial score (nSPS) is 12.9. The second kappa shape index (κ2) is 6.91. The molecule has 6 heteroatoms. The average Bonchev–Trinajstić information content (AvgIpc) is 2.95. The summed E-state index contributed by atoms with van der Waals surface area (Å²) >= 11 is 0. The number of amides is 1. The Morgan fingerprint density at radius 3 is 2.48 bits per heavy atom. The summed E-state index contributed by atoms with van der Waals surface area (Å²) in [5, 5.41) is 12.6. The Labute approximate surface area is 137 Å². The lowest BCUT2D eigenvalue weighted by Crippen LogP contribution is -2.28. The van der Waals surface area contributed by atoms with Crippen molar-refractivity contribution in [2.24, 2.45) is 5.92 Å². The maximum Gasteiger partial charge on any atom is 0.249 e. The number of nitrogens with zero attached hydrogens (tertiary/aromatic N) is 2. The van der Waals surface area contributed by atoms with Crippen LogP contribution in [0.3, 0.4) is 0 Å². The Kier molecular flexibility index (Phi) is 5.15. The van der Waals surface area contributed by atoms with Gasteiger partial charge >= 0.3 is 0 Å². The van der Waals surface area contributed by atoms with Crippen LogP contribution in [-0.2, 0) is 10.2 Å². The van der Waals surface area contributed by atoms with Crippen LogP contribution in [-0.4, -0.2) is 34.7 Å². The number of aromatic nitrogens is 3. The third-order valence-corrected chi connectivity index (χ3v) is 3.70. The summed E-state index contributed by atoms with van der Waals surface area (Å²) in [4.78, 5) is 16.3. The maximum absolute atomic E-state index is 12.0. The van der Waals surface area contributed by atoms with Gasteiger partial charge in [-0.1, -0.05) is 52.0 Å². The number of anilines is 1. The van der Waals surface area contributed by atoms with Gasteiger partial charge in [-0.25, -0.2) is 0 Å². The molecular formula is C17H25N5O. The SMILES string of the molecule is CNCC(C)C(=O)Nc1n[nH]c(-c2ccc(C(C)(C)C)cc2)n1. The number of hydrogen-bond donors (Lipinski definition) is 3. The first-order chi connectivity index (χ1) is 10.8. The predicted molar refractivity (Wildman–Crippen MR) is 92.2 cm³/mol. The summed E-state index contributed by atoms with van der Waals surface area (Å²) < 4.78 is 0. The lowest BCUT2D eigenvalue weighted by atomic mass is 9.87. The van der Waals surface area contributed by atoms with E-state index in [1.165, 1.54) is 5.56 Å². The standard InChI is InChI=1S/C17H25N5O/c1-11(10-18-5)15(23)20-16-19-14(21-22-16)12-6-8-13(9-7-12)17(2,3)4/h6-9,11,18H,10H2,1-5H3,(H2,19,20,21,22,23). The number of rotatable bonds is 5. The molecule has 0 spiro atoms. The van der Waals surface area contributed by atoms with Gasteiger partial charge in [0.1, 0.15) is 0 Å². The molecule has 1 atom stereocenters. The Morgan fingerprint density at radius 1 is 1.26 bits per heavy atom. The van der Waals surface area contributed by atoms with Crippen molar-refractivity contribution in [2.75, 3.05) is 18.9 Å². The van der Waals surface area contributed by atoms with Crippen molar-refractivity contribution in [3.05, 3.63) is 29.8 Å². The van der Waals surface area contributed by atoms with Gasteiger partial charge in [0.05, 0.1) is 0 Å². The highest BCUT2D eigenvalue weighted by atomic mass is 16.2. The smallest absolute Gasteiger partial charge is 0.249 e. The van der Waals surface area contributed by atoms with E-state index >= 15 is 0 Å². The number of hydrogen-bond acceptors (Lipinski definition) is 4. The maximum atomic E-state index is 12.0. The quantitative estimate of drug-likeness (QED) is 0.792. The van der Waals surface area contributed by atoms with Crippen molar-refractivity contribution < 1.29 is 4.79 Å². The molecule has 0 aliphatic rings. The van der Waals surface area contributed by atoms with E-state index in [0.717, 1.165) is 5.56 Å². The first-order valence-electron chi connectivity index (χ1n) is 7.80. The Balaban J connectivity index is 2.09. The van der Waals surface area contributed by atoms with Gasteiger partial charge in [0.2, 0.25) is 11.9 Å². The second-order valence-electron chi connectivity index (χ2n) is 6.78. The van der Waals surface area contributed by atoms with E-state index in [0.29, 0.717) is 18.3 Å². The zero-order valence-electron chi connectivity index (χ0n) is 14.4. The molecule has 1 aromatic carbocycles. The van der Waals surface area contributed by atoms with Gasteiger partial charge < -0.3 is 5.32 Å². The van der Waals surface area contributed by atoms with Crippen molar-refractivity contribution in [1.82, 2.24) is 20.5 Å². The number of carbonyl (C=O) groups excluding carboxylic acids is 1. The lowest BCUT2D eigenvalue weighted by Gasteiger charge is -2.18. The third-order valence-electron chi connectivity index (χ3n) is 3.70. The summed E-state index contributed by atoms with van der Waals surface area (Å²) in [6.45, 7) is 8.99. The zero-order chi connectivity index (χ0) is 17.0. The molecule has 1 amide bonds. The molecule has 124 valence electrons. The van der Waals surface area contributed by atoms with Crippen LogP contribution in [0.2, 0.25) is 0 Å². The van der Waals surface area contributed by atoms with Gasteiger partial charge in [-0.15, -0.1) is 5.10 Å². The molecule has 1 aromatic heterocycles. The summed E-state index contributed by atoms with van der Waals surface area (Å²) in [6, 6.07) is 8.20. The monoisotopic (exact) mass is 315 g/mol. The fourth-order valence-corrected chi connectivity index (χ4v) is 2.21. The van der Waals surface area contributed by atoms with Crippen LogP contribution >= 0.6 is 0 Å².